The Balaban J connectivity index is 1.88. The molecule has 1 atom stereocenters. The van der Waals surface area contributed by atoms with Gasteiger partial charge in [-0.2, -0.15) is 0 Å². The number of benzene rings is 1. The third-order valence-corrected chi connectivity index (χ3v) is 4.11. The Morgan fingerprint density at radius 3 is 3.10 bits per heavy atom. The van der Waals surface area contributed by atoms with Gasteiger partial charge in [-0.1, -0.05) is 25.1 Å². The van der Waals surface area contributed by atoms with Gasteiger partial charge in [-0.15, -0.1) is 0 Å². The average molecular weight is 270 g/mol. The van der Waals surface area contributed by atoms with Gasteiger partial charge in [0.1, 0.15) is 0 Å². The molecule has 1 aliphatic rings. The lowest BCUT2D eigenvalue weighted by Gasteiger charge is -2.33. The Morgan fingerprint density at radius 1 is 1.40 bits per heavy atom. The molecule has 0 amide bonds. The third kappa shape index (κ3) is 2.56. The van der Waals surface area contributed by atoms with E-state index in [1.165, 1.54) is 19.4 Å². The minimum atomic E-state index is 0.469. The van der Waals surface area contributed by atoms with E-state index >= 15 is 0 Å². The molecule has 4 heteroatoms. The fraction of sp³-hybridized carbons (Fsp3) is 0.438. The quantitative estimate of drug-likeness (QED) is 0.900. The summed E-state index contributed by atoms with van der Waals surface area (Å²) in [4.78, 5) is 6.88. The topological polar surface area (TPSA) is 54.2 Å². The summed E-state index contributed by atoms with van der Waals surface area (Å²) in [6.45, 7) is 5.64. The zero-order chi connectivity index (χ0) is 13.9. The van der Waals surface area contributed by atoms with Crippen molar-refractivity contribution >= 4 is 22.3 Å². The molecule has 3 N–H and O–H groups in total. The van der Waals surface area contributed by atoms with Crippen LogP contribution in [0.5, 0.6) is 0 Å². The first-order valence-corrected chi connectivity index (χ1v) is 7.40. The summed E-state index contributed by atoms with van der Waals surface area (Å²) in [7, 11) is 0. The fourth-order valence-electron chi connectivity index (χ4n) is 2.98. The number of piperidine rings is 1. The van der Waals surface area contributed by atoms with Crippen LogP contribution in [0.4, 0.5) is 11.4 Å². The minimum absolute atomic E-state index is 0.469. The van der Waals surface area contributed by atoms with E-state index in [-0.39, 0.29) is 0 Å². The molecule has 2 heterocycles. The van der Waals surface area contributed by atoms with Crippen LogP contribution in [0.25, 0.3) is 10.9 Å². The summed E-state index contributed by atoms with van der Waals surface area (Å²) in [6, 6.07) is 8.63. The maximum Gasteiger partial charge on any atom is 0.0743 e. The molecule has 1 aliphatic heterocycles. The van der Waals surface area contributed by atoms with Gasteiger partial charge in [0.05, 0.1) is 23.1 Å². The highest BCUT2D eigenvalue weighted by Gasteiger charge is 2.20. The zero-order valence-electron chi connectivity index (χ0n) is 12.0. The van der Waals surface area contributed by atoms with E-state index in [9.17, 15) is 0 Å². The van der Waals surface area contributed by atoms with Crippen LogP contribution in [-0.2, 0) is 0 Å². The first kappa shape index (κ1) is 13.2. The van der Waals surface area contributed by atoms with E-state index in [2.05, 4.69) is 28.2 Å². The number of hydrogen-bond acceptors (Lipinski definition) is 4. The van der Waals surface area contributed by atoms with Crippen LogP contribution in [0, 0.1) is 0 Å². The number of nitrogens with one attached hydrogen (secondary N) is 1. The second-order valence-corrected chi connectivity index (χ2v) is 5.48. The number of pyridine rings is 1. The van der Waals surface area contributed by atoms with Gasteiger partial charge in [-0.3, -0.25) is 4.98 Å². The summed E-state index contributed by atoms with van der Waals surface area (Å²) in [5, 5.41) is 4.76. The van der Waals surface area contributed by atoms with Gasteiger partial charge in [0.2, 0.25) is 0 Å². The Bertz CT molecular complexity index is 596. The number of para-hydroxylation sites is 1. The van der Waals surface area contributed by atoms with Crippen molar-refractivity contribution in [2.24, 2.45) is 0 Å². The van der Waals surface area contributed by atoms with Gasteiger partial charge >= 0.3 is 0 Å². The molecule has 1 unspecified atom stereocenters. The van der Waals surface area contributed by atoms with Crippen LogP contribution in [-0.4, -0.2) is 35.6 Å². The summed E-state index contributed by atoms with van der Waals surface area (Å²) in [6.07, 6.45) is 4.20. The highest BCUT2D eigenvalue weighted by Crippen LogP contribution is 2.29. The highest BCUT2D eigenvalue weighted by molar-refractivity contribution is 5.96. The number of rotatable bonds is 3. The van der Waals surface area contributed by atoms with Crippen LogP contribution in [0.15, 0.2) is 30.5 Å². The van der Waals surface area contributed by atoms with Crippen molar-refractivity contribution in [3.63, 3.8) is 0 Å². The number of hydrogen-bond donors (Lipinski definition) is 2. The molecule has 0 aliphatic carbocycles. The maximum atomic E-state index is 6.13. The van der Waals surface area contributed by atoms with Gasteiger partial charge in [0.25, 0.3) is 0 Å². The van der Waals surface area contributed by atoms with Crippen LogP contribution < -0.4 is 11.1 Å². The van der Waals surface area contributed by atoms with Gasteiger partial charge in [-0.25, -0.2) is 0 Å². The number of aromatic nitrogens is 1. The molecular weight excluding hydrogens is 248 g/mol. The second-order valence-electron chi connectivity index (χ2n) is 5.48. The molecule has 1 aromatic carbocycles. The Morgan fingerprint density at radius 2 is 2.25 bits per heavy atom. The first-order valence-electron chi connectivity index (χ1n) is 7.40. The normalized spacial score (nSPS) is 20.1. The fourth-order valence-corrected chi connectivity index (χ4v) is 2.98. The monoisotopic (exact) mass is 270 g/mol. The molecular formula is C16H22N4. The molecule has 4 nitrogen and oxygen atoms in total. The smallest absolute Gasteiger partial charge is 0.0743 e. The third-order valence-electron chi connectivity index (χ3n) is 4.11. The maximum absolute atomic E-state index is 6.13. The number of nitrogens with two attached hydrogens (primary N) is 1. The lowest BCUT2D eigenvalue weighted by molar-refractivity contribution is 0.227. The van der Waals surface area contributed by atoms with Crippen molar-refractivity contribution in [3.05, 3.63) is 30.5 Å². The Hall–Kier alpha value is -1.81. The van der Waals surface area contributed by atoms with Crippen LogP contribution in [0.1, 0.15) is 19.8 Å². The predicted octanol–water partition coefficient (Wildman–Crippen LogP) is 2.71. The number of likely N-dealkylation sites (tertiary alicyclic amines) is 1. The SMILES string of the molecule is CCN1CCCC(Nc2c(N)cnc3ccccc23)C1. The molecule has 1 fully saturated rings. The molecule has 0 spiro atoms. The molecule has 1 saturated heterocycles. The number of nitrogen functional groups attached to an aromatic ring is 1. The van der Waals surface area contributed by atoms with E-state index in [0.29, 0.717) is 6.04 Å². The summed E-state index contributed by atoms with van der Waals surface area (Å²) in [5.74, 6) is 0. The molecule has 3 rings (SSSR count). The van der Waals surface area contributed by atoms with E-state index in [0.717, 1.165) is 35.4 Å². The molecule has 0 bridgehead atoms. The molecule has 0 saturated carbocycles. The zero-order valence-corrected chi connectivity index (χ0v) is 12.0. The van der Waals surface area contributed by atoms with Crippen LogP contribution in [0.2, 0.25) is 0 Å². The van der Waals surface area contributed by atoms with Crippen molar-refractivity contribution in [1.29, 1.82) is 0 Å². The molecule has 2 aromatic rings. The van der Waals surface area contributed by atoms with Crippen molar-refractivity contribution in [1.82, 2.24) is 9.88 Å². The highest BCUT2D eigenvalue weighted by atomic mass is 15.2. The largest absolute Gasteiger partial charge is 0.396 e. The summed E-state index contributed by atoms with van der Waals surface area (Å²) in [5.41, 5.74) is 8.90. The molecule has 20 heavy (non-hydrogen) atoms. The van der Waals surface area contributed by atoms with E-state index in [1.54, 1.807) is 6.20 Å². The van der Waals surface area contributed by atoms with Crippen molar-refractivity contribution < 1.29 is 0 Å². The van der Waals surface area contributed by atoms with Crippen molar-refractivity contribution in [2.45, 2.75) is 25.8 Å². The van der Waals surface area contributed by atoms with Gasteiger partial charge in [-0.05, 0) is 32.0 Å². The average Bonchev–Trinajstić information content (AvgIpc) is 2.50. The van der Waals surface area contributed by atoms with Gasteiger partial charge in [0, 0.05) is 18.0 Å². The predicted molar refractivity (Wildman–Crippen MR) is 84.9 cm³/mol. The van der Waals surface area contributed by atoms with Crippen molar-refractivity contribution in [3.8, 4) is 0 Å². The molecule has 0 radical (unpaired) electrons. The summed E-state index contributed by atoms with van der Waals surface area (Å²) < 4.78 is 0. The number of fused-ring (bicyclic) bond motifs is 1. The number of likely N-dealkylation sites (N-methyl/N-ethyl adjacent to an activating group) is 1. The first-order chi connectivity index (χ1) is 9.78. The van der Waals surface area contributed by atoms with Gasteiger partial charge < -0.3 is 16.0 Å². The minimum Gasteiger partial charge on any atom is -0.396 e. The Labute approximate surface area is 120 Å². The molecule has 106 valence electrons. The Kier molecular flexibility index (Phi) is 3.74. The molecule has 1 aromatic heterocycles. The summed E-state index contributed by atoms with van der Waals surface area (Å²) >= 11 is 0. The van der Waals surface area contributed by atoms with Crippen LogP contribution >= 0.6 is 0 Å². The van der Waals surface area contributed by atoms with Gasteiger partial charge in [0.15, 0.2) is 0 Å². The van der Waals surface area contributed by atoms with E-state index < -0.39 is 0 Å². The van der Waals surface area contributed by atoms with Crippen LogP contribution in [0.3, 0.4) is 0 Å². The standard InChI is InChI=1S/C16H22N4/c1-2-20-9-5-6-12(11-20)19-16-13-7-3-4-8-15(13)18-10-14(16)17/h3-4,7-8,10,12H,2,5-6,9,11,17H2,1H3,(H,18,19). The lowest BCUT2D eigenvalue weighted by Crippen LogP contribution is -2.41. The number of anilines is 2. The van der Waals surface area contributed by atoms with E-state index in [1.807, 2.05) is 18.2 Å². The second kappa shape index (κ2) is 5.67. The van der Waals surface area contributed by atoms with Crippen molar-refractivity contribution in [2.75, 3.05) is 30.7 Å². The lowest BCUT2D eigenvalue weighted by atomic mass is 10.0. The van der Waals surface area contributed by atoms with E-state index in [4.69, 9.17) is 5.73 Å². The number of nitrogens with zero attached hydrogens (tertiary/aromatic N) is 2.